The quantitative estimate of drug-likeness (QED) is 0.727. The summed E-state index contributed by atoms with van der Waals surface area (Å²) < 4.78 is 28.3. The van der Waals surface area contributed by atoms with Crippen molar-refractivity contribution in [2.75, 3.05) is 44.1 Å². The van der Waals surface area contributed by atoms with Crippen LogP contribution in [0.25, 0.3) is 0 Å². The zero-order valence-electron chi connectivity index (χ0n) is 17.3. The van der Waals surface area contributed by atoms with E-state index in [0.29, 0.717) is 25.2 Å². The average molecular weight is 416 g/mol. The number of likely N-dealkylation sites (N-methyl/N-ethyl adjacent to an activating group) is 1. The largest absolute Gasteiger partial charge is 0.339 e. The molecule has 0 spiro atoms. The third kappa shape index (κ3) is 4.79. The van der Waals surface area contributed by atoms with Gasteiger partial charge in [0.25, 0.3) is 10.0 Å². The van der Waals surface area contributed by atoms with Crippen LogP contribution < -0.4 is 4.31 Å². The van der Waals surface area contributed by atoms with Crippen LogP contribution in [-0.4, -0.2) is 63.9 Å². The van der Waals surface area contributed by atoms with Crippen molar-refractivity contribution in [2.24, 2.45) is 0 Å². The number of carbonyl (C=O) groups is 1. The molecule has 0 unspecified atom stereocenters. The highest BCUT2D eigenvalue weighted by atomic mass is 32.2. The first kappa shape index (κ1) is 21.3. The molecule has 2 aromatic rings. The van der Waals surface area contributed by atoms with Crippen molar-refractivity contribution in [2.45, 2.75) is 25.2 Å². The molecule has 0 bridgehead atoms. The van der Waals surface area contributed by atoms with E-state index in [1.807, 2.05) is 39.1 Å². The summed E-state index contributed by atoms with van der Waals surface area (Å²) in [5, 5.41) is 0. The number of anilines is 1. The number of piperazine rings is 1. The molecule has 1 saturated heterocycles. The molecule has 1 amide bonds. The Bertz CT molecular complexity index is 950. The Hall–Kier alpha value is -2.38. The summed E-state index contributed by atoms with van der Waals surface area (Å²) >= 11 is 0. The van der Waals surface area contributed by atoms with Gasteiger partial charge in [-0.2, -0.15) is 0 Å². The standard InChI is InChI=1S/C22H29N3O3S/c1-4-19-7-5-6-8-21(19)25(17-22(26)24-15-13-23(3)14-16-24)29(27,28)20-11-9-18(2)10-12-20/h5-12H,4,13-17H2,1-3H3. The fraction of sp³-hybridized carbons (Fsp3) is 0.409. The molecule has 1 aliphatic rings. The van der Waals surface area contributed by atoms with E-state index in [9.17, 15) is 13.2 Å². The summed E-state index contributed by atoms with van der Waals surface area (Å²) in [5.41, 5.74) is 2.45. The first-order chi connectivity index (χ1) is 13.8. The van der Waals surface area contributed by atoms with Crippen LogP contribution in [0.5, 0.6) is 0 Å². The minimum Gasteiger partial charge on any atom is -0.339 e. The Kier molecular flexibility index (Phi) is 6.59. The minimum atomic E-state index is -3.87. The van der Waals surface area contributed by atoms with Crippen molar-refractivity contribution in [3.63, 3.8) is 0 Å². The summed E-state index contributed by atoms with van der Waals surface area (Å²) in [6.45, 7) is 6.52. The topological polar surface area (TPSA) is 60.9 Å². The predicted octanol–water partition coefficient (Wildman–Crippen LogP) is 2.53. The summed E-state index contributed by atoms with van der Waals surface area (Å²) in [5.74, 6) is -0.167. The van der Waals surface area contributed by atoms with Gasteiger partial charge in [-0.05, 0) is 44.2 Å². The normalized spacial score (nSPS) is 15.3. The molecular formula is C22H29N3O3S. The lowest BCUT2D eigenvalue weighted by Crippen LogP contribution is -2.51. The van der Waals surface area contributed by atoms with Gasteiger partial charge in [-0.25, -0.2) is 8.42 Å². The van der Waals surface area contributed by atoms with Crippen LogP contribution >= 0.6 is 0 Å². The predicted molar refractivity (Wildman–Crippen MR) is 116 cm³/mol. The molecule has 0 N–H and O–H groups in total. The van der Waals surface area contributed by atoms with E-state index in [2.05, 4.69) is 4.90 Å². The van der Waals surface area contributed by atoms with Crippen LogP contribution in [0, 0.1) is 6.92 Å². The molecule has 7 heteroatoms. The van der Waals surface area contributed by atoms with E-state index in [0.717, 1.165) is 24.2 Å². The Labute approximate surface area is 173 Å². The third-order valence-electron chi connectivity index (χ3n) is 5.39. The van der Waals surface area contributed by atoms with Crippen LogP contribution in [0.15, 0.2) is 53.4 Å². The van der Waals surface area contributed by atoms with Crippen molar-refractivity contribution in [1.29, 1.82) is 0 Å². The average Bonchev–Trinajstić information content (AvgIpc) is 2.72. The van der Waals surface area contributed by atoms with Gasteiger partial charge in [-0.1, -0.05) is 42.8 Å². The number of rotatable bonds is 6. The van der Waals surface area contributed by atoms with Gasteiger partial charge >= 0.3 is 0 Å². The third-order valence-corrected chi connectivity index (χ3v) is 7.16. The molecule has 3 rings (SSSR count). The van der Waals surface area contributed by atoms with Crippen molar-refractivity contribution >= 4 is 21.6 Å². The zero-order chi connectivity index (χ0) is 21.0. The van der Waals surface area contributed by atoms with Gasteiger partial charge in [0.15, 0.2) is 0 Å². The number of sulfonamides is 1. The van der Waals surface area contributed by atoms with E-state index in [1.165, 1.54) is 4.31 Å². The van der Waals surface area contributed by atoms with Gasteiger partial charge in [-0.15, -0.1) is 0 Å². The lowest BCUT2D eigenvalue weighted by Gasteiger charge is -2.34. The molecule has 0 aliphatic carbocycles. The van der Waals surface area contributed by atoms with Crippen molar-refractivity contribution in [1.82, 2.24) is 9.80 Å². The molecule has 1 fully saturated rings. The van der Waals surface area contributed by atoms with Gasteiger partial charge < -0.3 is 9.80 Å². The first-order valence-corrected chi connectivity index (χ1v) is 11.4. The van der Waals surface area contributed by atoms with Crippen molar-refractivity contribution in [3.05, 3.63) is 59.7 Å². The first-order valence-electron chi connectivity index (χ1n) is 9.96. The second-order valence-electron chi connectivity index (χ2n) is 7.49. The molecule has 0 aromatic heterocycles. The molecule has 1 heterocycles. The second kappa shape index (κ2) is 8.97. The fourth-order valence-electron chi connectivity index (χ4n) is 3.47. The highest BCUT2D eigenvalue weighted by Gasteiger charge is 2.30. The number of carbonyl (C=O) groups excluding carboxylic acids is 1. The molecule has 6 nitrogen and oxygen atoms in total. The Balaban J connectivity index is 1.98. The molecule has 156 valence electrons. The number of nitrogens with zero attached hydrogens (tertiary/aromatic N) is 3. The summed E-state index contributed by atoms with van der Waals surface area (Å²) in [6.07, 6.45) is 0.679. The maximum atomic E-state index is 13.5. The zero-order valence-corrected chi connectivity index (χ0v) is 18.2. The SMILES string of the molecule is CCc1ccccc1N(CC(=O)N1CCN(C)CC1)S(=O)(=O)c1ccc(C)cc1. The molecule has 0 atom stereocenters. The highest BCUT2D eigenvalue weighted by Crippen LogP contribution is 2.28. The lowest BCUT2D eigenvalue weighted by molar-refractivity contribution is -0.131. The van der Waals surface area contributed by atoms with Crippen LogP contribution in [0.4, 0.5) is 5.69 Å². The van der Waals surface area contributed by atoms with E-state index in [4.69, 9.17) is 0 Å². The molecule has 2 aromatic carbocycles. The summed E-state index contributed by atoms with van der Waals surface area (Å²) in [6, 6.07) is 14.2. The van der Waals surface area contributed by atoms with Crippen LogP contribution in [0.1, 0.15) is 18.1 Å². The van der Waals surface area contributed by atoms with Crippen LogP contribution in [0.2, 0.25) is 0 Å². The van der Waals surface area contributed by atoms with Gasteiger partial charge in [0.05, 0.1) is 10.6 Å². The Morgan fingerprint density at radius 1 is 1.00 bits per heavy atom. The molecule has 1 aliphatic heterocycles. The van der Waals surface area contributed by atoms with Gasteiger partial charge in [0, 0.05) is 26.2 Å². The lowest BCUT2D eigenvalue weighted by atomic mass is 10.1. The van der Waals surface area contributed by atoms with Gasteiger partial charge in [-0.3, -0.25) is 9.10 Å². The Morgan fingerprint density at radius 2 is 1.62 bits per heavy atom. The van der Waals surface area contributed by atoms with Crippen molar-refractivity contribution < 1.29 is 13.2 Å². The number of aryl methyl sites for hydroxylation is 2. The van der Waals surface area contributed by atoms with E-state index < -0.39 is 10.0 Å². The molecular weight excluding hydrogens is 386 g/mol. The minimum absolute atomic E-state index is 0.167. The molecule has 29 heavy (non-hydrogen) atoms. The summed E-state index contributed by atoms with van der Waals surface area (Å²) in [4.78, 5) is 17.1. The number of hydrogen-bond acceptors (Lipinski definition) is 4. The monoisotopic (exact) mass is 415 g/mol. The van der Waals surface area contributed by atoms with E-state index in [-0.39, 0.29) is 17.3 Å². The molecule has 0 radical (unpaired) electrons. The second-order valence-corrected chi connectivity index (χ2v) is 9.35. The fourth-order valence-corrected chi connectivity index (χ4v) is 4.92. The number of benzene rings is 2. The van der Waals surface area contributed by atoms with Crippen molar-refractivity contribution in [3.8, 4) is 0 Å². The number of hydrogen-bond donors (Lipinski definition) is 0. The van der Waals surface area contributed by atoms with Crippen LogP contribution in [0.3, 0.4) is 0 Å². The molecule has 0 saturated carbocycles. The number of para-hydroxylation sites is 1. The smallest absolute Gasteiger partial charge is 0.264 e. The summed E-state index contributed by atoms with van der Waals surface area (Å²) in [7, 11) is -1.85. The van der Waals surface area contributed by atoms with E-state index in [1.54, 1.807) is 35.2 Å². The Morgan fingerprint density at radius 3 is 2.24 bits per heavy atom. The van der Waals surface area contributed by atoms with Gasteiger partial charge in [0.2, 0.25) is 5.91 Å². The van der Waals surface area contributed by atoms with E-state index >= 15 is 0 Å². The maximum Gasteiger partial charge on any atom is 0.264 e. The highest BCUT2D eigenvalue weighted by molar-refractivity contribution is 7.92. The number of amides is 1. The van der Waals surface area contributed by atoms with Crippen LogP contribution in [-0.2, 0) is 21.2 Å². The van der Waals surface area contributed by atoms with Gasteiger partial charge in [0.1, 0.15) is 6.54 Å². The maximum absolute atomic E-state index is 13.5.